The van der Waals surface area contributed by atoms with Crippen LogP contribution in [0.2, 0.25) is 0 Å². The van der Waals surface area contributed by atoms with Crippen LogP contribution in [0.4, 0.5) is 0 Å². The minimum atomic E-state index is -0.283. The lowest BCUT2D eigenvalue weighted by molar-refractivity contribution is 0.0911. The number of halogens is 1. The maximum Gasteiger partial charge on any atom is 0.272 e. The van der Waals surface area contributed by atoms with E-state index in [9.17, 15) is 9.59 Å². The number of hydrogen-bond donors (Lipinski definition) is 3. The van der Waals surface area contributed by atoms with Crippen LogP contribution in [-0.4, -0.2) is 35.2 Å². The molecule has 2 atom stereocenters. The first-order chi connectivity index (χ1) is 10.2. The summed E-state index contributed by atoms with van der Waals surface area (Å²) in [5.74, 6) is 0.173. The number of hydrogen-bond acceptors (Lipinski definition) is 4. The molecular formula is C15H19ClN4O2. The van der Waals surface area contributed by atoms with E-state index in [1.807, 2.05) is 0 Å². The third-order valence-electron chi connectivity index (χ3n) is 4.06. The van der Waals surface area contributed by atoms with Crippen molar-refractivity contribution in [2.24, 2.45) is 5.92 Å². The highest BCUT2D eigenvalue weighted by Crippen LogP contribution is 2.15. The Kier molecular flexibility index (Phi) is 5.15. The molecule has 1 aliphatic heterocycles. The monoisotopic (exact) mass is 322 g/mol. The molecule has 1 aliphatic rings. The number of rotatable bonds is 2. The Balaban J connectivity index is 0.00000176. The molecule has 118 valence electrons. The van der Waals surface area contributed by atoms with Crippen molar-refractivity contribution < 1.29 is 4.79 Å². The zero-order valence-electron chi connectivity index (χ0n) is 12.3. The van der Waals surface area contributed by atoms with Crippen molar-refractivity contribution in [1.29, 1.82) is 0 Å². The molecule has 0 spiro atoms. The second-order valence-corrected chi connectivity index (χ2v) is 5.50. The Hall–Kier alpha value is -1.92. The van der Waals surface area contributed by atoms with Crippen molar-refractivity contribution in [1.82, 2.24) is 20.8 Å². The van der Waals surface area contributed by atoms with Crippen LogP contribution in [-0.2, 0) is 0 Å². The lowest BCUT2D eigenvalue weighted by Crippen LogP contribution is -2.50. The summed E-state index contributed by atoms with van der Waals surface area (Å²) in [5, 5.41) is 13.7. The maximum atomic E-state index is 12.5. The molecule has 1 aromatic heterocycles. The number of benzene rings is 1. The maximum absolute atomic E-state index is 12.5. The van der Waals surface area contributed by atoms with E-state index in [2.05, 4.69) is 27.8 Å². The van der Waals surface area contributed by atoms with Crippen molar-refractivity contribution in [2.75, 3.05) is 13.1 Å². The first-order valence-electron chi connectivity index (χ1n) is 7.16. The average molecular weight is 323 g/mol. The molecule has 22 heavy (non-hydrogen) atoms. The van der Waals surface area contributed by atoms with Gasteiger partial charge in [-0.15, -0.1) is 12.4 Å². The van der Waals surface area contributed by atoms with Crippen LogP contribution in [0.15, 0.2) is 29.1 Å². The highest BCUT2D eigenvalue weighted by atomic mass is 35.5. The van der Waals surface area contributed by atoms with Gasteiger partial charge in [0.1, 0.15) is 0 Å². The summed E-state index contributed by atoms with van der Waals surface area (Å²) in [6.07, 6.45) is 1.03. The molecule has 0 aliphatic carbocycles. The topological polar surface area (TPSA) is 86.9 Å². The van der Waals surface area contributed by atoms with Gasteiger partial charge < -0.3 is 10.6 Å². The number of carbonyl (C=O) groups is 1. The summed E-state index contributed by atoms with van der Waals surface area (Å²) >= 11 is 0. The number of nitrogens with zero attached hydrogens (tertiary/aromatic N) is 1. The molecule has 1 amide bonds. The Labute approximate surface area is 134 Å². The SMILES string of the molecule is CC1CCNCC1NC(=O)c1n[nH]c(=O)c2ccccc12.Cl. The highest BCUT2D eigenvalue weighted by molar-refractivity contribution is 6.04. The number of amides is 1. The molecule has 7 heteroatoms. The summed E-state index contributed by atoms with van der Waals surface area (Å²) in [6, 6.07) is 7.09. The van der Waals surface area contributed by atoms with Gasteiger partial charge in [0.2, 0.25) is 0 Å². The first-order valence-corrected chi connectivity index (χ1v) is 7.16. The summed E-state index contributed by atoms with van der Waals surface area (Å²) in [7, 11) is 0. The van der Waals surface area contributed by atoms with Crippen molar-refractivity contribution in [3.63, 3.8) is 0 Å². The average Bonchev–Trinajstić information content (AvgIpc) is 2.50. The number of carbonyl (C=O) groups excluding carboxylic acids is 1. The van der Waals surface area contributed by atoms with Gasteiger partial charge in [0.15, 0.2) is 5.69 Å². The minimum Gasteiger partial charge on any atom is -0.346 e. The van der Waals surface area contributed by atoms with E-state index in [0.29, 0.717) is 16.7 Å². The van der Waals surface area contributed by atoms with Crippen molar-refractivity contribution in [3.05, 3.63) is 40.3 Å². The molecule has 2 unspecified atom stereocenters. The van der Waals surface area contributed by atoms with Gasteiger partial charge in [0, 0.05) is 18.0 Å². The number of fused-ring (bicyclic) bond motifs is 1. The Morgan fingerprint density at radius 1 is 1.32 bits per heavy atom. The molecule has 2 heterocycles. The van der Waals surface area contributed by atoms with Gasteiger partial charge in [-0.2, -0.15) is 5.10 Å². The Morgan fingerprint density at radius 3 is 2.77 bits per heavy atom. The van der Waals surface area contributed by atoms with Gasteiger partial charge in [-0.05, 0) is 24.9 Å². The predicted octanol–water partition coefficient (Wildman–Crippen LogP) is 1.07. The van der Waals surface area contributed by atoms with Crippen LogP contribution in [0.25, 0.3) is 10.8 Å². The van der Waals surface area contributed by atoms with E-state index in [1.165, 1.54) is 0 Å². The van der Waals surface area contributed by atoms with Gasteiger partial charge in [-0.25, -0.2) is 5.10 Å². The molecule has 0 bridgehead atoms. The molecule has 0 radical (unpaired) electrons. The van der Waals surface area contributed by atoms with Crippen molar-refractivity contribution >= 4 is 29.1 Å². The number of aromatic nitrogens is 2. The normalized spacial score (nSPS) is 21.1. The summed E-state index contributed by atoms with van der Waals surface area (Å²) in [6.45, 7) is 3.87. The van der Waals surface area contributed by atoms with Crippen LogP contribution in [0.3, 0.4) is 0 Å². The standard InChI is InChI=1S/C15H18N4O2.ClH/c1-9-6-7-16-8-12(9)17-15(21)13-10-4-2-3-5-11(10)14(20)19-18-13;/h2-5,9,12,16H,6-8H2,1H3,(H,17,21)(H,19,20);1H. The zero-order chi connectivity index (χ0) is 14.8. The predicted molar refractivity (Wildman–Crippen MR) is 87.5 cm³/mol. The fourth-order valence-corrected chi connectivity index (χ4v) is 2.71. The van der Waals surface area contributed by atoms with Crippen molar-refractivity contribution in [3.8, 4) is 0 Å². The van der Waals surface area contributed by atoms with E-state index in [1.54, 1.807) is 24.3 Å². The molecule has 6 nitrogen and oxygen atoms in total. The Morgan fingerprint density at radius 2 is 2.05 bits per heavy atom. The van der Waals surface area contributed by atoms with Gasteiger partial charge in [0.25, 0.3) is 11.5 Å². The van der Waals surface area contributed by atoms with Crippen LogP contribution < -0.4 is 16.2 Å². The van der Waals surface area contributed by atoms with E-state index >= 15 is 0 Å². The molecular weight excluding hydrogens is 304 g/mol. The van der Waals surface area contributed by atoms with Crippen LogP contribution in [0.1, 0.15) is 23.8 Å². The number of nitrogens with one attached hydrogen (secondary N) is 3. The summed E-state index contributed by atoms with van der Waals surface area (Å²) in [4.78, 5) is 24.2. The van der Waals surface area contributed by atoms with Crippen LogP contribution >= 0.6 is 12.4 Å². The van der Waals surface area contributed by atoms with E-state index < -0.39 is 0 Å². The second-order valence-electron chi connectivity index (χ2n) is 5.50. The van der Waals surface area contributed by atoms with E-state index in [4.69, 9.17) is 0 Å². The van der Waals surface area contributed by atoms with Crippen LogP contribution in [0, 0.1) is 5.92 Å². The molecule has 2 aromatic rings. The number of aromatic amines is 1. The molecule has 3 rings (SSSR count). The van der Waals surface area contributed by atoms with Crippen molar-refractivity contribution in [2.45, 2.75) is 19.4 Å². The lowest BCUT2D eigenvalue weighted by atomic mass is 9.94. The van der Waals surface area contributed by atoms with Gasteiger partial charge in [-0.1, -0.05) is 25.1 Å². The number of piperidine rings is 1. The van der Waals surface area contributed by atoms with Gasteiger partial charge in [0.05, 0.1) is 5.39 Å². The Bertz CT molecular complexity index is 731. The summed E-state index contributed by atoms with van der Waals surface area (Å²) in [5.41, 5.74) is -0.0159. The second kappa shape index (κ2) is 6.89. The smallest absolute Gasteiger partial charge is 0.272 e. The minimum absolute atomic E-state index is 0. The van der Waals surface area contributed by atoms with E-state index in [-0.39, 0.29) is 35.6 Å². The third kappa shape index (κ3) is 3.13. The largest absolute Gasteiger partial charge is 0.346 e. The number of H-pyrrole nitrogens is 1. The van der Waals surface area contributed by atoms with Gasteiger partial charge in [-0.3, -0.25) is 9.59 Å². The van der Waals surface area contributed by atoms with Crippen LogP contribution in [0.5, 0.6) is 0 Å². The van der Waals surface area contributed by atoms with Gasteiger partial charge >= 0.3 is 0 Å². The van der Waals surface area contributed by atoms with E-state index in [0.717, 1.165) is 19.5 Å². The molecule has 1 saturated heterocycles. The highest BCUT2D eigenvalue weighted by Gasteiger charge is 2.24. The summed E-state index contributed by atoms with van der Waals surface area (Å²) < 4.78 is 0. The zero-order valence-corrected chi connectivity index (χ0v) is 13.1. The molecule has 3 N–H and O–H groups in total. The fraction of sp³-hybridized carbons (Fsp3) is 0.400. The first kappa shape index (κ1) is 16.5. The lowest BCUT2D eigenvalue weighted by Gasteiger charge is -2.30. The quantitative estimate of drug-likeness (QED) is 0.772. The third-order valence-corrected chi connectivity index (χ3v) is 4.06. The fourth-order valence-electron chi connectivity index (χ4n) is 2.71. The molecule has 1 aromatic carbocycles. The molecule has 1 fully saturated rings. The molecule has 0 saturated carbocycles.